The first-order valence-corrected chi connectivity index (χ1v) is 11.5. The molecule has 4 heteroatoms. The number of carbonyl (C=O) groups excluding carboxylic acids is 1. The first-order chi connectivity index (χ1) is 15.7. The number of hydrogen-bond acceptors (Lipinski definition) is 4. The van der Waals surface area contributed by atoms with Crippen LogP contribution >= 0.6 is 0 Å². The molecule has 0 atom stereocenters. The largest absolute Gasteiger partial charge is 0.427 e. The predicted molar refractivity (Wildman–Crippen MR) is 126 cm³/mol. The van der Waals surface area contributed by atoms with Crippen LogP contribution in [0.25, 0.3) is 0 Å². The van der Waals surface area contributed by atoms with E-state index in [1.54, 1.807) is 0 Å². The van der Waals surface area contributed by atoms with Crippen molar-refractivity contribution in [2.45, 2.75) is 44.6 Å². The number of esters is 1. The van der Waals surface area contributed by atoms with Crippen LogP contribution in [0.2, 0.25) is 0 Å². The van der Waals surface area contributed by atoms with Crippen molar-refractivity contribution in [3.63, 3.8) is 0 Å². The third kappa shape index (κ3) is 5.45. The predicted octanol–water partition coefficient (Wildman–Crippen LogP) is 5.91. The minimum absolute atomic E-state index is 0.306. The number of piperidine rings is 1. The summed E-state index contributed by atoms with van der Waals surface area (Å²) in [5, 5.41) is 2.16. The summed E-state index contributed by atoms with van der Waals surface area (Å²) in [5.41, 5.74) is 2.93. The van der Waals surface area contributed by atoms with Crippen molar-refractivity contribution < 1.29 is 14.4 Å². The molecule has 0 amide bonds. The minimum atomic E-state index is -0.575. The Hall–Kier alpha value is -2.95. The summed E-state index contributed by atoms with van der Waals surface area (Å²) in [6, 6.07) is 28.9. The van der Waals surface area contributed by atoms with E-state index < -0.39 is 5.60 Å². The Kier molecular flexibility index (Phi) is 7.35. The molecular formula is C28H31NO3. The van der Waals surface area contributed by atoms with Crippen LogP contribution in [0, 0.1) is 0 Å². The second-order valence-electron chi connectivity index (χ2n) is 8.38. The standard InChI is InChI=1S/C28H31NO3/c1-23(30)31-27-17-15-24(16-18-27)19-20-28(25-11-5-2-6-12-25,26-13-7-3-8-14-26)32-29-21-9-4-10-22-29/h2-3,5-8,11-18H,4,9-10,19-22H2,1H3. The number of nitrogens with zero attached hydrogens (tertiary/aromatic N) is 1. The van der Waals surface area contributed by atoms with Crippen molar-refractivity contribution in [2.75, 3.05) is 13.1 Å². The molecule has 0 bridgehead atoms. The van der Waals surface area contributed by atoms with Gasteiger partial charge in [-0.3, -0.25) is 9.63 Å². The molecule has 0 N–H and O–H groups in total. The molecule has 0 spiro atoms. The van der Waals surface area contributed by atoms with Gasteiger partial charge in [0.2, 0.25) is 0 Å². The van der Waals surface area contributed by atoms with Gasteiger partial charge in [0.15, 0.2) is 0 Å². The maximum Gasteiger partial charge on any atom is 0.308 e. The van der Waals surface area contributed by atoms with Crippen molar-refractivity contribution in [1.82, 2.24) is 5.06 Å². The highest BCUT2D eigenvalue weighted by Crippen LogP contribution is 2.39. The third-order valence-corrected chi connectivity index (χ3v) is 6.03. The van der Waals surface area contributed by atoms with E-state index in [0.717, 1.165) is 49.9 Å². The molecule has 0 aliphatic carbocycles. The monoisotopic (exact) mass is 429 g/mol. The normalized spacial score (nSPS) is 14.8. The minimum Gasteiger partial charge on any atom is -0.427 e. The zero-order valence-electron chi connectivity index (χ0n) is 18.7. The molecule has 0 aromatic heterocycles. The average molecular weight is 430 g/mol. The molecule has 3 aromatic rings. The number of hydroxylamine groups is 2. The van der Waals surface area contributed by atoms with Gasteiger partial charge in [-0.25, -0.2) is 0 Å². The molecule has 32 heavy (non-hydrogen) atoms. The van der Waals surface area contributed by atoms with E-state index in [1.807, 2.05) is 36.4 Å². The summed E-state index contributed by atoms with van der Waals surface area (Å²) in [6.45, 7) is 3.33. The van der Waals surface area contributed by atoms with Gasteiger partial charge >= 0.3 is 5.97 Å². The zero-order valence-corrected chi connectivity index (χ0v) is 18.7. The topological polar surface area (TPSA) is 38.8 Å². The second kappa shape index (κ2) is 10.6. The maximum atomic E-state index is 11.2. The Balaban J connectivity index is 1.66. The fourth-order valence-electron chi connectivity index (χ4n) is 4.41. The van der Waals surface area contributed by atoms with E-state index in [1.165, 1.54) is 18.9 Å². The molecule has 4 nitrogen and oxygen atoms in total. The number of carbonyl (C=O) groups is 1. The van der Waals surface area contributed by atoms with Crippen molar-refractivity contribution in [3.8, 4) is 5.75 Å². The average Bonchev–Trinajstić information content (AvgIpc) is 2.84. The number of aryl methyl sites for hydroxylation is 1. The van der Waals surface area contributed by atoms with Crippen LogP contribution in [-0.2, 0) is 21.7 Å². The summed E-state index contributed by atoms with van der Waals surface area (Å²) in [7, 11) is 0. The second-order valence-corrected chi connectivity index (χ2v) is 8.38. The fraction of sp³-hybridized carbons (Fsp3) is 0.321. The van der Waals surface area contributed by atoms with E-state index in [-0.39, 0.29) is 5.97 Å². The molecule has 1 heterocycles. The van der Waals surface area contributed by atoms with E-state index in [2.05, 4.69) is 53.6 Å². The van der Waals surface area contributed by atoms with Crippen LogP contribution in [0.3, 0.4) is 0 Å². The molecule has 0 saturated carbocycles. The summed E-state index contributed by atoms with van der Waals surface area (Å²) < 4.78 is 5.18. The Morgan fingerprint density at radius 2 is 1.38 bits per heavy atom. The van der Waals surface area contributed by atoms with Gasteiger partial charge in [-0.15, -0.1) is 0 Å². The highest BCUT2D eigenvalue weighted by atomic mass is 16.7. The summed E-state index contributed by atoms with van der Waals surface area (Å²) in [4.78, 5) is 18.1. The molecule has 3 aromatic carbocycles. The number of hydrogen-bond donors (Lipinski definition) is 0. The molecule has 0 unspecified atom stereocenters. The van der Waals surface area contributed by atoms with Crippen molar-refractivity contribution >= 4 is 5.97 Å². The molecule has 0 radical (unpaired) electrons. The maximum absolute atomic E-state index is 11.2. The summed E-state index contributed by atoms with van der Waals surface area (Å²) in [5.74, 6) is 0.267. The molecule has 1 aliphatic heterocycles. The van der Waals surface area contributed by atoms with E-state index in [4.69, 9.17) is 9.57 Å². The van der Waals surface area contributed by atoms with Crippen molar-refractivity contribution in [3.05, 3.63) is 102 Å². The SMILES string of the molecule is CC(=O)Oc1ccc(CCC(ON2CCCCC2)(c2ccccc2)c2ccccc2)cc1. The highest BCUT2D eigenvalue weighted by molar-refractivity contribution is 5.69. The van der Waals surface area contributed by atoms with Crippen LogP contribution < -0.4 is 4.74 Å². The Morgan fingerprint density at radius 1 is 0.812 bits per heavy atom. The van der Waals surface area contributed by atoms with Gasteiger partial charge in [0.25, 0.3) is 0 Å². The van der Waals surface area contributed by atoms with Crippen LogP contribution in [-0.4, -0.2) is 24.1 Å². The number of benzene rings is 3. The van der Waals surface area contributed by atoms with Gasteiger partial charge in [0.1, 0.15) is 11.4 Å². The lowest BCUT2D eigenvalue weighted by atomic mass is 9.81. The molecule has 4 rings (SSSR count). The molecule has 166 valence electrons. The molecule has 1 fully saturated rings. The van der Waals surface area contributed by atoms with Crippen LogP contribution in [0.15, 0.2) is 84.9 Å². The Labute approximate surface area is 190 Å². The van der Waals surface area contributed by atoms with Gasteiger partial charge in [-0.05, 0) is 54.5 Å². The van der Waals surface area contributed by atoms with Crippen molar-refractivity contribution in [2.24, 2.45) is 0 Å². The Morgan fingerprint density at radius 3 is 1.91 bits per heavy atom. The van der Waals surface area contributed by atoms with Crippen molar-refractivity contribution in [1.29, 1.82) is 0 Å². The van der Waals surface area contributed by atoms with E-state index in [0.29, 0.717) is 5.75 Å². The highest BCUT2D eigenvalue weighted by Gasteiger charge is 2.38. The first kappa shape index (κ1) is 22.3. The van der Waals surface area contributed by atoms with E-state index in [9.17, 15) is 4.79 Å². The summed E-state index contributed by atoms with van der Waals surface area (Å²) >= 11 is 0. The quantitative estimate of drug-likeness (QED) is 0.330. The lowest BCUT2D eigenvalue weighted by Crippen LogP contribution is -2.42. The van der Waals surface area contributed by atoms with Gasteiger partial charge in [-0.1, -0.05) is 79.2 Å². The lowest BCUT2D eigenvalue weighted by Gasteiger charge is -2.40. The van der Waals surface area contributed by atoms with E-state index >= 15 is 0 Å². The molecule has 1 aliphatic rings. The molecule has 1 saturated heterocycles. The Bertz CT molecular complexity index is 941. The number of rotatable bonds is 8. The fourth-order valence-corrected chi connectivity index (χ4v) is 4.41. The molecular weight excluding hydrogens is 398 g/mol. The zero-order chi connectivity index (χ0) is 22.2. The van der Waals surface area contributed by atoms with Gasteiger partial charge in [0, 0.05) is 20.0 Å². The summed E-state index contributed by atoms with van der Waals surface area (Å²) in [6.07, 6.45) is 5.22. The van der Waals surface area contributed by atoms with Gasteiger partial charge in [0.05, 0.1) is 0 Å². The third-order valence-electron chi connectivity index (χ3n) is 6.03. The number of ether oxygens (including phenoxy) is 1. The van der Waals surface area contributed by atoms with Gasteiger partial charge < -0.3 is 4.74 Å². The first-order valence-electron chi connectivity index (χ1n) is 11.5. The lowest BCUT2D eigenvalue weighted by molar-refractivity contribution is -0.246. The smallest absolute Gasteiger partial charge is 0.308 e. The van der Waals surface area contributed by atoms with Gasteiger partial charge in [-0.2, -0.15) is 5.06 Å². The van der Waals surface area contributed by atoms with Crippen LogP contribution in [0.1, 0.15) is 49.3 Å². The van der Waals surface area contributed by atoms with Crippen LogP contribution in [0.4, 0.5) is 0 Å². The van der Waals surface area contributed by atoms with Crippen LogP contribution in [0.5, 0.6) is 5.75 Å².